The van der Waals surface area contributed by atoms with E-state index in [-0.39, 0.29) is 12.1 Å². The number of esters is 1. The lowest BCUT2D eigenvalue weighted by Gasteiger charge is -2.17. The predicted octanol–water partition coefficient (Wildman–Crippen LogP) is 10.7. The molecule has 0 aliphatic carbocycles. The Labute approximate surface area is 254 Å². The topological polar surface area (TPSA) is 66.8 Å². The Morgan fingerprint density at radius 1 is 0.634 bits per heavy atom. The molecule has 0 aromatic carbocycles. The molecule has 0 saturated heterocycles. The number of carbonyl (C=O) groups is 1. The number of ether oxygens (including phenoxy) is 1. The Morgan fingerprint density at radius 3 is 1.59 bits per heavy atom. The van der Waals surface area contributed by atoms with Crippen molar-refractivity contribution >= 4 is 5.97 Å². The smallest absolute Gasteiger partial charge is 0.334 e. The van der Waals surface area contributed by atoms with E-state index < -0.39 is 12.2 Å². The number of hydrogen-bond donors (Lipinski definition) is 2. The molecular weight excluding hydrogens is 508 g/mol. The quantitative estimate of drug-likeness (QED) is 0.0507. The van der Waals surface area contributed by atoms with E-state index in [1.165, 1.54) is 122 Å². The number of cyclic esters (lactones) is 1. The van der Waals surface area contributed by atoms with Crippen molar-refractivity contribution in [1.29, 1.82) is 0 Å². The van der Waals surface area contributed by atoms with Crippen LogP contribution in [0.2, 0.25) is 0 Å². The van der Waals surface area contributed by atoms with Crippen LogP contribution < -0.4 is 0 Å². The number of aliphatic hydroxyl groups is 2. The molecular formula is C37H68O4. The largest absolute Gasteiger partial charge is 0.455 e. The molecule has 0 spiro atoms. The van der Waals surface area contributed by atoms with E-state index in [1.807, 2.05) is 13.0 Å². The third kappa shape index (κ3) is 23.1. The maximum Gasteiger partial charge on any atom is 0.334 e. The van der Waals surface area contributed by atoms with Gasteiger partial charge in [-0.15, -0.1) is 0 Å². The molecule has 0 radical (unpaired) electrons. The zero-order chi connectivity index (χ0) is 29.8. The molecule has 0 aromatic heterocycles. The van der Waals surface area contributed by atoms with Crippen LogP contribution in [0, 0.1) is 0 Å². The second-order valence-corrected chi connectivity index (χ2v) is 12.7. The first-order valence-electron chi connectivity index (χ1n) is 18.0. The van der Waals surface area contributed by atoms with Gasteiger partial charge in [-0.05, 0) is 57.9 Å². The summed E-state index contributed by atoms with van der Waals surface area (Å²) in [6.07, 6.45) is 38.1. The van der Waals surface area contributed by atoms with Gasteiger partial charge in [0, 0.05) is 5.57 Å². The van der Waals surface area contributed by atoms with Crippen molar-refractivity contribution in [1.82, 2.24) is 0 Å². The van der Waals surface area contributed by atoms with Gasteiger partial charge in [0.1, 0.15) is 6.10 Å². The third-order valence-corrected chi connectivity index (χ3v) is 8.65. The van der Waals surface area contributed by atoms with E-state index in [2.05, 4.69) is 19.1 Å². The van der Waals surface area contributed by atoms with Crippen molar-refractivity contribution in [2.75, 3.05) is 0 Å². The molecule has 0 bridgehead atoms. The van der Waals surface area contributed by atoms with Gasteiger partial charge in [-0.1, -0.05) is 147 Å². The third-order valence-electron chi connectivity index (χ3n) is 8.65. The zero-order valence-electron chi connectivity index (χ0n) is 27.3. The summed E-state index contributed by atoms with van der Waals surface area (Å²) in [5, 5.41) is 20.6. The van der Waals surface area contributed by atoms with Crippen LogP contribution in [0.5, 0.6) is 0 Å². The van der Waals surface area contributed by atoms with E-state index in [0.29, 0.717) is 12.8 Å². The normalized spacial score (nSPS) is 16.8. The van der Waals surface area contributed by atoms with Crippen LogP contribution >= 0.6 is 0 Å². The molecule has 240 valence electrons. The maximum absolute atomic E-state index is 11.6. The van der Waals surface area contributed by atoms with Gasteiger partial charge in [0.25, 0.3) is 0 Å². The zero-order valence-corrected chi connectivity index (χ0v) is 27.3. The minimum absolute atomic E-state index is 0.0446. The van der Waals surface area contributed by atoms with E-state index in [4.69, 9.17) is 4.74 Å². The first-order chi connectivity index (χ1) is 20.0. The lowest BCUT2D eigenvalue weighted by Crippen LogP contribution is -2.25. The van der Waals surface area contributed by atoms with Gasteiger partial charge in [0.15, 0.2) is 0 Å². The Balaban J connectivity index is 1.80. The van der Waals surface area contributed by atoms with Crippen LogP contribution in [0.15, 0.2) is 23.8 Å². The maximum atomic E-state index is 11.6. The molecule has 0 aromatic rings. The fourth-order valence-corrected chi connectivity index (χ4v) is 5.89. The average Bonchev–Trinajstić information content (AvgIpc) is 3.29. The Hall–Kier alpha value is -1.13. The molecule has 1 heterocycles. The lowest BCUT2D eigenvalue weighted by molar-refractivity contribution is -0.139. The standard InChI is InChI=1S/C37H68O4/c1-3-4-5-6-7-8-9-10-11-12-13-14-18-21-24-27-30-35(38)36(39)31-28-25-22-19-16-15-17-20-23-26-29-34-32-33(2)41-37(34)40/h21,24,32-33,35-36,38-39H,3-20,22-23,25-31H2,1-2H3/b24-21-/t33-,35+,36+/m0/s1. The highest BCUT2D eigenvalue weighted by atomic mass is 16.5. The van der Waals surface area contributed by atoms with E-state index in [0.717, 1.165) is 44.1 Å². The number of aliphatic hydroxyl groups excluding tert-OH is 2. The summed E-state index contributed by atoms with van der Waals surface area (Å²) >= 11 is 0. The lowest BCUT2D eigenvalue weighted by atomic mass is 10.0. The van der Waals surface area contributed by atoms with Crippen LogP contribution in [0.1, 0.15) is 187 Å². The summed E-state index contributed by atoms with van der Waals surface area (Å²) in [6.45, 7) is 4.19. The monoisotopic (exact) mass is 577 g/mol. The molecule has 1 aliphatic heterocycles. The Bertz CT molecular complexity index is 655. The first-order valence-corrected chi connectivity index (χ1v) is 18.0. The molecule has 0 saturated carbocycles. The molecule has 1 rings (SSSR count). The van der Waals surface area contributed by atoms with Crippen molar-refractivity contribution in [3.63, 3.8) is 0 Å². The number of rotatable bonds is 30. The van der Waals surface area contributed by atoms with Gasteiger partial charge in [-0.25, -0.2) is 4.79 Å². The molecule has 0 fully saturated rings. The Morgan fingerprint density at radius 2 is 1.07 bits per heavy atom. The number of carbonyl (C=O) groups excluding carboxylic acids is 1. The fraction of sp³-hybridized carbons (Fsp3) is 0.865. The molecule has 41 heavy (non-hydrogen) atoms. The minimum atomic E-state index is -0.592. The van der Waals surface area contributed by atoms with Crippen molar-refractivity contribution in [2.24, 2.45) is 0 Å². The summed E-state index contributed by atoms with van der Waals surface area (Å²) in [7, 11) is 0. The first kappa shape index (κ1) is 37.9. The average molecular weight is 577 g/mol. The van der Waals surface area contributed by atoms with Crippen LogP contribution in [0.3, 0.4) is 0 Å². The molecule has 3 atom stereocenters. The Kier molecular flexibility index (Phi) is 25.6. The van der Waals surface area contributed by atoms with E-state index in [9.17, 15) is 15.0 Å². The molecule has 1 aliphatic rings. The number of allylic oxidation sites excluding steroid dienone is 2. The molecule has 0 amide bonds. The van der Waals surface area contributed by atoms with Crippen molar-refractivity contribution < 1.29 is 19.7 Å². The van der Waals surface area contributed by atoms with Gasteiger partial charge >= 0.3 is 5.97 Å². The summed E-state index contributed by atoms with van der Waals surface area (Å²) in [6, 6.07) is 0. The second-order valence-electron chi connectivity index (χ2n) is 12.7. The van der Waals surface area contributed by atoms with Crippen LogP contribution in [0.25, 0.3) is 0 Å². The molecule has 4 heteroatoms. The minimum Gasteiger partial charge on any atom is -0.455 e. The van der Waals surface area contributed by atoms with Gasteiger partial charge < -0.3 is 14.9 Å². The molecule has 2 N–H and O–H groups in total. The summed E-state index contributed by atoms with van der Waals surface area (Å²) < 4.78 is 5.14. The van der Waals surface area contributed by atoms with Crippen LogP contribution in [-0.4, -0.2) is 34.5 Å². The summed E-state index contributed by atoms with van der Waals surface area (Å²) in [5.74, 6) is -0.118. The van der Waals surface area contributed by atoms with E-state index >= 15 is 0 Å². The van der Waals surface area contributed by atoms with Gasteiger partial charge in [0.2, 0.25) is 0 Å². The second kappa shape index (κ2) is 27.7. The van der Waals surface area contributed by atoms with Crippen molar-refractivity contribution in [2.45, 2.75) is 206 Å². The highest BCUT2D eigenvalue weighted by Gasteiger charge is 2.21. The number of unbranched alkanes of at least 4 members (excludes halogenated alkanes) is 21. The SMILES string of the molecule is CCCCCCCCCCCCCC/C=C\CC[C@@H](O)[C@H](O)CCCCCCCCCCCCC1=C[C@H](C)OC1=O. The van der Waals surface area contributed by atoms with Crippen molar-refractivity contribution in [3.05, 3.63) is 23.8 Å². The fourth-order valence-electron chi connectivity index (χ4n) is 5.89. The highest BCUT2D eigenvalue weighted by molar-refractivity contribution is 5.90. The number of hydrogen-bond acceptors (Lipinski definition) is 4. The predicted molar refractivity (Wildman–Crippen MR) is 175 cm³/mol. The van der Waals surface area contributed by atoms with Gasteiger partial charge in [-0.2, -0.15) is 0 Å². The summed E-state index contributed by atoms with van der Waals surface area (Å²) in [4.78, 5) is 11.6. The van der Waals surface area contributed by atoms with Gasteiger partial charge in [0.05, 0.1) is 12.2 Å². The van der Waals surface area contributed by atoms with Crippen LogP contribution in [-0.2, 0) is 9.53 Å². The molecule has 0 unspecified atom stereocenters. The molecule has 4 nitrogen and oxygen atoms in total. The van der Waals surface area contributed by atoms with E-state index in [1.54, 1.807) is 0 Å². The highest BCUT2D eigenvalue weighted by Crippen LogP contribution is 2.20. The van der Waals surface area contributed by atoms with Crippen LogP contribution in [0.4, 0.5) is 0 Å². The summed E-state index contributed by atoms with van der Waals surface area (Å²) in [5.41, 5.74) is 0.868. The van der Waals surface area contributed by atoms with Crippen molar-refractivity contribution in [3.8, 4) is 0 Å². The van der Waals surface area contributed by atoms with Gasteiger partial charge in [-0.3, -0.25) is 0 Å².